The van der Waals surface area contributed by atoms with Gasteiger partial charge in [0.05, 0.1) is 19.2 Å². The first-order valence-electron chi connectivity index (χ1n) is 9.65. The molecule has 0 heterocycles. The third kappa shape index (κ3) is 5.93. The molecule has 0 aliphatic carbocycles. The molecule has 3 N–H and O–H groups in total. The summed E-state index contributed by atoms with van der Waals surface area (Å²) in [6.07, 6.45) is 0. The van der Waals surface area contributed by atoms with Crippen LogP contribution in [0.5, 0.6) is 5.75 Å². The summed E-state index contributed by atoms with van der Waals surface area (Å²) in [6, 6.07) is 20.6. The van der Waals surface area contributed by atoms with Crippen LogP contribution in [0.1, 0.15) is 27.6 Å². The lowest BCUT2D eigenvalue weighted by molar-refractivity contribution is -0.114. The van der Waals surface area contributed by atoms with Gasteiger partial charge >= 0.3 is 0 Å². The van der Waals surface area contributed by atoms with Crippen molar-refractivity contribution in [1.29, 1.82) is 0 Å². The van der Waals surface area contributed by atoms with E-state index < -0.39 is 0 Å². The van der Waals surface area contributed by atoms with Crippen LogP contribution in [0.2, 0.25) is 0 Å². The molecule has 2 amide bonds. The number of Topliss-reactive ketones (excluding diaryl/α,β-unsaturated/α-hetero) is 1. The van der Waals surface area contributed by atoms with Crippen LogP contribution in [0.25, 0.3) is 0 Å². The average molecular weight is 417 g/mol. The first kappa shape index (κ1) is 21.6. The highest BCUT2D eigenvalue weighted by Gasteiger charge is 2.12. The summed E-state index contributed by atoms with van der Waals surface area (Å²) >= 11 is 0. The van der Waals surface area contributed by atoms with E-state index in [1.807, 2.05) is 0 Å². The number of rotatable bonds is 8. The van der Waals surface area contributed by atoms with Crippen LogP contribution in [0.4, 0.5) is 17.1 Å². The van der Waals surface area contributed by atoms with Crippen LogP contribution in [0.3, 0.4) is 0 Å². The Morgan fingerprint density at radius 2 is 1.42 bits per heavy atom. The summed E-state index contributed by atoms with van der Waals surface area (Å²) in [6.45, 7) is 1.46. The van der Waals surface area contributed by atoms with E-state index in [0.717, 1.165) is 0 Å². The molecule has 0 aliphatic rings. The maximum absolute atomic E-state index is 12.7. The minimum Gasteiger partial charge on any atom is -0.497 e. The van der Waals surface area contributed by atoms with Crippen LogP contribution in [-0.4, -0.2) is 31.3 Å². The number of anilines is 3. The third-order valence-electron chi connectivity index (χ3n) is 4.53. The molecule has 0 aromatic heterocycles. The lowest BCUT2D eigenvalue weighted by Gasteiger charge is -2.13. The quantitative estimate of drug-likeness (QED) is 0.477. The summed E-state index contributed by atoms with van der Waals surface area (Å²) < 4.78 is 5.12. The first-order chi connectivity index (χ1) is 15.0. The molecule has 3 aromatic carbocycles. The number of hydrogen-bond acceptors (Lipinski definition) is 5. The first-order valence-corrected chi connectivity index (χ1v) is 9.65. The van der Waals surface area contributed by atoms with Crippen molar-refractivity contribution in [3.05, 3.63) is 83.9 Å². The Bertz CT molecular complexity index is 1080. The standard InChI is InChI=1S/C24H23N3O4/c1-16(28)17-7-9-18(10-8-17)26-23(29)15-25-22-6-4-3-5-21(22)24(30)27-19-11-13-20(31-2)14-12-19/h3-14,25H,15H2,1-2H3,(H,26,29)(H,27,30). The smallest absolute Gasteiger partial charge is 0.257 e. The van der Waals surface area contributed by atoms with Gasteiger partial charge in [0.2, 0.25) is 5.91 Å². The number of amides is 2. The molecule has 0 saturated heterocycles. The topological polar surface area (TPSA) is 96.5 Å². The monoisotopic (exact) mass is 417 g/mol. The van der Waals surface area contributed by atoms with Crippen molar-refractivity contribution in [2.75, 3.05) is 29.6 Å². The van der Waals surface area contributed by atoms with Gasteiger partial charge in [-0.1, -0.05) is 12.1 Å². The second-order valence-electron chi connectivity index (χ2n) is 6.76. The van der Waals surface area contributed by atoms with Crippen LogP contribution >= 0.6 is 0 Å². The van der Waals surface area contributed by atoms with Crippen molar-refractivity contribution in [3.8, 4) is 5.75 Å². The van der Waals surface area contributed by atoms with E-state index in [0.29, 0.717) is 33.9 Å². The van der Waals surface area contributed by atoms with Crippen molar-refractivity contribution in [2.45, 2.75) is 6.92 Å². The molecule has 3 rings (SSSR count). The van der Waals surface area contributed by atoms with E-state index in [4.69, 9.17) is 4.74 Å². The Hall–Kier alpha value is -4.13. The molecule has 3 aromatic rings. The van der Waals surface area contributed by atoms with Crippen molar-refractivity contribution in [2.24, 2.45) is 0 Å². The largest absolute Gasteiger partial charge is 0.497 e. The zero-order valence-electron chi connectivity index (χ0n) is 17.3. The summed E-state index contributed by atoms with van der Waals surface area (Å²) in [5.41, 5.74) is 2.75. The summed E-state index contributed by atoms with van der Waals surface area (Å²) in [5.74, 6) is 0.0838. The maximum Gasteiger partial charge on any atom is 0.257 e. The van der Waals surface area contributed by atoms with Gasteiger partial charge in [-0.15, -0.1) is 0 Å². The number of carbonyl (C=O) groups is 3. The molecule has 7 heteroatoms. The number of carbonyl (C=O) groups excluding carboxylic acids is 3. The van der Waals surface area contributed by atoms with Crippen LogP contribution in [0, 0.1) is 0 Å². The minimum absolute atomic E-state index is 0.0265. The van der Waals surface area contributed by atoms with Gasteiger partial charge in [-0.3, -0.25) is 14.4 Å². The number of para-hydroxylation sites is 1. The molecule has 0 saturated carbocycles. The highest BCUT2D eigenvalue weighted by atomic mass is 16.5. The fourth-order valence-electron chi connectivity index (χ4n) is 2.88. The van der Waals surface area contributed by atoms with Crippen LogP contribution < -0.4 is 20.7 Å². The average Bonchev–Trinajstić information content (AvgIpc) is 2.78. The fourth-order valence-corrected chi connectivity index (χ4v) is 2.88. The summed E-state index contributed by atoms with van der Waals surface area (Å²) in [4.78, 5) is 36.3. The SMILES string of the molecule is COc1ccc(NC(=O)c2ccccc2NCC(=O)Nc2ccc(C(C)=O)cc2)cc1. The Balaban J connectivity index is 1.61. The van der Waals surface area contributed by atoms with E-state index >= 15 is 0 Å². The van der Waals surface area contributed by atoms with Gasteiger partial charge in [0.25, 0.3) is 5.91 Å². The Labute approximate surface area is 180 Å². The van der Waals surface area contributed by atoms with Gasteiger partial charge in [0.1, 0.15) is 5.75 Å². The van der Waals surface area contributed by atoms with Crippen LogP contribution in [0.15, 0.2) is 72.8 Å². The molecule has 0 radical (unpaired) electrons. The molecule has 7 nitrogen and oxygen atoms in total. The molecule has 0 fully saturated rings. The van der Waals surface area contributed by atoms with Gasteiger partial charge < -0.3 is 20.7 Å². The van der Waals surface area contributed by atoms with Gasteiger partial charge in [-0.05, 0) is 67.6 Å². The lowest BCUT2D eigenvalue weighted by Crippen LogP contribution is -2.23. The number of methoxy groups -OCH3 is 1. The van der Waals surface area contributed by atoms with Crippen molar-refractivity contribution >= 4 is 34.7 Å². The second kappa shape index (κ2) is 10.1. The predicted molar refractivity (Wildman–Crippen MR) is 121 cm³/mol. The number of ketones is 1. The fraction of sp³-hybridized carbons (Fsp3) is 0.125. The maximum atomic E-state index is 12.7. The molecule has 0 atom stereocenters. The minimum atomic E-state index is -0.298. The van der Waals surface area contributed by atoms with E-state index in [-0.39, 0.29) is 24.1 Å². The van der Waals surface area contributed by atoms with Crippen LogP contribution in [-0.2, 0) is 4.79 Å². The van der Waals surface area contributed by atoms with E-state index in [1.165, 1.54) is 6.92 Å². The van der Waals surface area contributed by atoms with Crippen molar-refractivity contribution < 1.29 is 19.1 Å². The highest BCUT2D eigenvalue weighted by Crippen LogP contribution is 2.19. The number of nitrogens with one attached hydrogen (secondary N) is 3. The normalized spacial score (nSPS) is 10.1. The molecule has 0 bridgehead atoms. The summed E-state index contributed by atoms with van der Waals surface area (Å²) in [7, 11) is 1.58. The third-order valence-corrected chi connectivity index (χ3v) is 4.53. The molecule has 0 unspecified atom stereocenters. The zero-order valence-corrected chi connectivity index (χ0v) is 17.3. The molecule has 158 valence electrons. The molecular weight excluding hydrogens is 394 g/mol. The van der Waals surface area contributed by atoms with E-state index in [1.54, 1.807) is 79.9 Å². The Morgan fingerprint density at radius 1 is 0.806 bits per heavy atom. The number of ether oxygens (including phenoxy) is 1. The number of benzene rings is 3. The van der Waals surface area contributed by atoms with Gasteiger partial charge in [0.15, 0.2) is 5.78 Å². The summed E-state index contributed by atoms with van der Waals surface area (Å²) in [5, 5.41) is 8.58. The molecule has 31 heavy (non-hydrogen) atoms. The lowest BCUT2D eigenvalue weighted by atomic mass is 10.1. The Morgan fingerprint density at radius 3 is 2.06 bits per heavy atom. The van der Waals surface area contributed by atoms with Gasteiger partial charge in [-0.25, -0.2) is 0 Å². The second-order valence-corrected chi connectivity index (χ2v) is 6.76. The molecule has 0 aliphatic heterocycles. The van der Waals surface area contributed by atoms with Gasteiger partial charge in [-0.2, -0.15) is 0 Å². The Kier molecular flexibility index (Phi) is 7.01. The van der Waals surface area contributed by atoms with E-state index in [9.17, 15) is 14.4 Å². The highest BCUT2D eigenvalue weighted by molar-refractivity contribution is 6.08. The van der Waals surface area contributed by atoms with Crippen molar-refractivity contribution in [3.63, 3.8) is 0 Å². The predicted octanol–water partition coefficient (Wildman–Crippen LogP) is 4.20. The zero-order chi connectivity index (χ0) is 22.2. The van der Waals surface area contributed by atoms with Gasteiger partial charge in [0, 0.05) is 22.6 Å². The molecular formula is C24H23N3O4. The van der Waals surface area contributed by atoms with Crippen molar-refractivity contribution in [1.82, 2.24) is 0 Å². The molecule has 0 spiro atoms. The van der Waals surface area contributed by atoms with E-state index in [2.05, 4.69) is 16.0 Å². The number of hydrogen-bond donors (Lipinski definition) is 3.